The molecule has 1 aromatic heterocycles. The molecule has 0 aliphatic rings. The summed E-state index contributed by atoms with van der Waals surface area (Å²) in [7, 11) is 3.20. The first kappa shape index (κ1) is 31.7. The van der Waals surface area contributed by atoms with Crippen molar-refractivity contribution < 1.29 is 29.2 Å². The van der Waals surface area contributed by atoms with Crippen LogP contribution < -0.4 is 36.3 Å². The van der Waals surface area contributed by atoms with E-state index in [1.807, 2.05) is 42.5 Å². The summed E-state index contributed by atoms with van der Waals surface area (Å²) in [6.07, 6.45) is 1.44. The molecule has 3 aromatic rings. The number of nitrogen functional groups attached to an aromatic ring is 2. The lowest BCUT2D eigenvalue weighted by Crippen LogP contribution is -2.41. The van der Waals surface area contributed by atoms with E-state index in [0.29, 0.717) is 30.3 Å². The summed E-state index contributed by atoms with van der Waals surface area (Å²) in [5.74, 6) is 1.34. The van der Waals surface area contributed by atoms with Crippen molar-refractivity contribution in [3.05, 3.63) is 64.4 Å². The maximum atomic E-state index is 12.8. The standard InChI is InChI=1S/C28H37ClN6O6/c1-39-22-11-8-18(23(12-22)40-2)13-32-19(14-33-28(38)24-26(30)35-27(31)25(29)34-24)5-3-4-17-6-9-21(10-7-17)41-16-20(37)15-36/h6-12,19-20,32,36-37H,3-5,13-16H2,1-2H3,(H,33,38)(H4,30,31,35)/t19?,20-/m0/s1. The summed E-state index contributed by atoms with van der Waals surface area (Å²) in [4.78, 5) is 20.7. The topological polar surface area (TPSA) is 187 Å². The summed E-state index contributed by atoms with van der Waals surface area (Å²) < 4.78 is 16.3. The van der Waals surface area contributed by atoms with Crippen molar-refractivity contribution in [1.82, 2.24) is 20.6 Å². The summed E-state index contributed by atoms with van der Waals surface area (Å²) in [6, 6.07) is 13.1. The minimum absolute atomic E-state index is 0.0215. The number of amides is 1. The number of ether oxygens (including phenoxy) is 3. The van der Waals surface area contributed by atoms with Crippen LogP contribution in [-0.2, 0) is 13.0 Å². The number of hydrogen-bond acceptors (Lipinski definition) is 11. The first-order valence-electron chi connectivity index (χ1n) is 13.1. The normalized spacial score (nSPS) is 12.4. The molecule has 0 fully saturated rings. The Balaban J connectivity index is 1.63. The van der Waals surface area contributed by atoms with Crippen molar-refractivity contribution in [3.63, 3.8) is 0 Å². The smallest absolute Gasteiger partial charge is 0.273 e. The molecule has 3 rings (SSSR count). The van der Waals surface area contributed by atoms with Crippen LogP contribution in [0.5, 0.6) is 17.2 Å². The van der Waals surface area contributed by atoms with E-state index in [2.05, 4.69) is 20.6 Å². The van der Waals surface area contributed by atoms with Crippen LogP contribution in [-0.4, -0.2) is 72.2 Å². The van der Waals surface area contributed by atoms with E-state index in [9.17, 15) is 9.90 Å². The minimum atomic E-state index is -0.919. The van der Waals surface area contributed by atoms with Gasteiger partial charge < -0.3 is 46.5 Å². The zero-order valence-electron chi connectivity index (χ0n) is 23.1. The summed E-state index contributed by atoms with van der Waals surface area (Å²) in [5.41, 5.74) is 13.4. The van der Waals surface area contributed by atoms with Gasteiger partial charge in [0, 0.05) is 30.8 Å². The minimum Gasteiger partial charge on any atom is -0.497 e. The van der Waals surface area contributed by atoms with Crippen LogP contribution in [0.4, 0.5) is 11.6 Å². The van der Waals surface area contributed by atoms with Gasteiger partial charge >= 0.3 is 0 Å². The Hall–Kier alpha value is -3.84. The molecule has 1 unspecified atom stereocenters. The Morgan fingerprint density at radius 3 is 2.46 bits per heavy atom. The molecule has 2 atom stereocenters. The molecule has 0 spiro atoms. The third-order valence-electron chi connectivity index (χ3n) is 6.30. The van der Waals surface area contributed by atoms with Gasteiger partial charge in [-0.2, -0.15) is 0 Å². The molecular weight excluding hydrogens is 552 g/mol. The monoisotopic (exact) mass is 588 g/mol. The lowest BCUT2D eigenvalue weighted by Gasteiger charge is -2.21. The Labute approximate surface area is 244 Å². The van der Waals surface area contributed by atoms with E-state index in [0.717, 1.165) is 30.4 Å². The number of rotatable bonds is 16. The van der Waals surface area contributed by atoms with Gasteiger partial charge in [0.2, 0.25) is 0 Å². The van der Waals surface area contributed by atoms with Crippen molar-refractivity contribution in [2.24, 2.45) is 0 Å². The number of carbonyl (C=O) groups is 1. The maximum Gasteiger partial charge on any atom is 0.273 e. The van der Waals surface area contributed by atoms with E-state index < -0.39 is 12.0 Å². The number of aliphatic hydroxyl groups excluding tert-OH is 2. The highest BCUT2D eigenvalue weighted by Gasteiger charge is 2.18. The molecule has 0 saturated carbocycles. The summed E-state index contributed by atoms with van der Waals surface area (Å²) in [5, 5.41) is 24.6. The number of carbonyl (C=O) groups excluding carboxylic acids is 1. The SMILES string of the molecule is COc1ccc(CNC(CCCc2ccc(OC[C@@H](O)CO)cc2)CNC(=O)c2nc(Cl)c(N)nc2N)c(OC)c1. The number of nitrogens with two attached hydrogens (primary N) is 2. The van der Waals surface area contributed by atoms with Crippen LogP contribution in [0.1, 0.15) is 34.5 Å². The third-order valence-corrected chi connectivity index (χ3v) is 6.58. The fourth-order valence-electron chi connectivity index (χ4n) is 3.99. The van der Waals surface area contributed by atoms with E-state index in [1.54, 1.807) is 14.2 Å². The van der Waals surface area contributed by atoms with Gasteiger partial charge in [-0.3, -0.25) is 4.79 Å². The predicted octanol–water partition coefficient (Wildman–Crippen LogP) is 1.95. The molecule has 2 aromatic carbocycles. The van der Waals surface area contributed by atoms with E-state index in [1.165, 1.54) is 0 Å². The number of aromatic nitrogens is 2. The number of nitrogens with zero attached hydrogens (tertiary/aromatic N) is 2. The van der Waals surface area contributed by atoms with Crippen LogP contribution in [0.25, 0.3) is 0 Å². The molecule has 0 aliphatic heterocycles. The summed E-state index contributed by atoms with van der Waals surface area (Å²) >= 11 is 5.94. The number of hydrogen-bond donors (Lipinski definition) is 6. The van der Waals surface area contributed by atoms with Gasteiger partial charge in [-0.05, 0) is 43.0 Å². The van der Waals surface area contributed by atoms with Gasteiger partial charge in [0.1, 0.15) is 30.0 Å². The number of halogens is 1. The Morgan fingerprint density at radius 1 is 1.05 bits per heavy atom. The van der Waals surface area contributed by atoms with Crippen LogP contribution in [0.3, 0.4) is 0 Å². The van der Waals surface area contributed by atoms with Crippen molar-refractivity contribution in [1.29, 1.82) is 0 Å². The lowest BCUT2D eigenvalue weighted by molar-refractivity contribution is 0.0536. The summed E-state index contributed by atoms with van der Waals surface area (Å²) in [6.45, 7) is 0.455. The first-order chi connectivity index (χ1) is 19.7. The van der Waals surface area contributed by atoms with Gasteiger partial charge in [0.05, 0.1) is 20.8 Å². The quantitative estimate of drug-likeness (QED) is 0.143. The molecule has 222 valence electrons. The zero-order valence-corrected chi connectivity index (χ0v) is 23.9. The van der Waals surface area contributed by atoms with E-state index in [4.69, 9.17) is 42.4 Å². The molecule has 0 radical (unpaired) electrons. The van der Waals surface area contributed by atoms with Crippen molar-refractivity contribution in [2.75, 3.05) is 45.4 Å². The zero-order chi connectivity index (χ0) is 29.8. The number of methoxy groups -OCH3 is 2. The molecule has 13 heteroatoms. The molecule has 0 bridgehead atoms. The van der Waals surface area contributed by atoms with Crippen LogP contribution in [0.15, 0.2) is 42.5 Å². The fourth-order valence-corrected chi connectivity index (χ4v) is 4.11. The van der Waals surface area contributed by atoms with Crippen LogP contribution in [0.2, 0.25) is 5.15 Å². The van der Waals surface area contributed by atoms with Gasteiger partial charge in [-0.25, -0.2) is 9.97 Å². The first-order valence-corrected chi connectivity index (χ1v) is 13.4. The number of aryl methyl sites for hydroxylation is 1. The number of anilines is 2. The highest BCUT2D eigenvalue weighted by atomic mass is 35.5. The molecule has 12 nitrogen and oxygen atoms in total. The van der Waals surface area contributed by atoms with Gasteiger partial charge in [0.25, 0.3) is 5.91 Å². The second-order valence-corrected chi connectivity index (χ2v) is 9.64. The lowest BCUT2D eigenvalue weighted by atomic mass is 10.0. The van der Waals surface area contributed by atoms with Gasteiger partial charge in [-0.15, -0.1) is 0 Å². The Kier molecular flexibility index (Phi) is 12.2. The van der Waals surface area contributed by atoms with E-state index in [-0.39, 0.29) is 41.7 Å². The highest BCUT2D eigenvalue weighted by molar-refractivity contribution is 6.31. The molecule has 0 saturated heterocycles. The number of aliphatic hydroxyl groups is 2. The number of nitrogens with one attached hydrogen (secondary N) is 2. The maximum absolute atomic E-state index is 12.8. The highest BCUT2D eigenvalue weighted by Crippen LogP contribution is 2.25. The average molecular weight is 589 g/mol. The molecule has 41 heavy (non-hydrogen) atoms. The predicted molar refractivity (Wildman–Crippen MR) is 156 cm³/mol. The van der Waals surface area contributed by atoms with Gasteiger partial charge in [0.15, 0.2) is 22.5 Å². The Morgan fingerprint density at radius 2 is 1.78 bits per heavy atom. The van der Waals surface area contributed by atoms with Crippen LogP contribution >= 0.6 is 11.6 Å². The van der Waals surface area contributed by atoms with Crippen molar-refractivity contribution in [3.8, 4) is 17.2 Å². The third kappa shape index (κ3) is 9.64. The van der Waals surface area contributed by atoms with E-state index >= 15 is 0 Å². The second kappa shape index (κ2) is 15.8. The van der Waals surface area contributed by atoms with Gasteiger partial charge in [-0.1, -0.05) is 29.8 Å². The average Bonchev–Trinajstić information content (AvgIpc) is 2.99. The van der Waals surface area contributed by atoms with Crippen molar-refractivity contribution in [2.45, 2.75) is 38.0 Å². The Bertz CT molecular complexity index is 1280. The molecule has 0 aliphatic carbocycles. The molecule has 1 amide bonds. The molecule has 1 heterocycles. The van der Waals surface area contributed by atoms with Crippen LogP contribution in [0, 0.1) is 0 Å². The molecule has 8 N–H and O–H groups in total. The molecular formula is C28H37ClN6O6. The largest absolute Gasteiger partial charge is 0.497 e. The second-order valence-electron chi connectivity index (χ2n) is 9.28. The van der Waals surface area contributed by atoms with Crippen molar-refractivity contribution >= 4 is 29.1 Å². The number of benzene rings is 2. The fraction of sp³-hybridized carbons (Fsp3) is 0.393.